The zero-order valence-electron chi connectivity index (χ0n) is 19.4. The molecule has 3 aromatic rings. The Kier molecular flexibility index (Phi) is 7.02. The van der Waals surface area contributed by atoms with Crippen LogP contribution in [0.3, 0.4) is 0 Å². The van der Waals surface area contributed by atoms with Crippen LogP contribution < -0.4 is 4.90 Å². The monoisotopic (exact) mass is 534 g/mol. The lowest BCUT2D eigenvalue weighted by molar-refractivity contribution is -0.137. The molecule has 0 bridgehead atoms. The van der Waals surface area contributed by atoms with Crippen LogP contribution in [-0.2, 0) is 14.8 Å². The Morgan fingerprint density at radius 2 is 1.71 bits per heavy atom. The van der Waals surface area contributed by atoms with E-state index in [0.717, 1.165) is 35.9 Å². The van der Waals surface area contributed by atoms with Gasteiger partial charge in [-0.2, -0.15) is 4.31 Å². The summed E-state index contributed by atoms with van der Waals surface area (Å²) >= 11 is 3.38. The molecule has 5 rings (SSSR count). The smallest absolute Gasteiger partial charge is 0.243 e. The minimum absolute atomic E-state index is 0.0827. The van der Waals surface area contributed by atoms with Crippen LogP contribution in [0.4, 0.5) is 9.52 Å². The number of piperazine rings is 1. The van der Waals surface area contributed by atoms with Gasteiger partial charge in [-0.15, -0.1) is 11.8 Å². The van der Waals surface area contributed by atoms with Crippen LogP contribution in [0.25, 0.3) is 10.2 Å². The van der Waals surface area contributed by atoms with Crippen LogP contribution in [0.15, 0.2) is 52.3 Å². The average molecular weight is 535 g/mol. The molecule has 2 aliphatic rings. The van der Waals surface area contributed by atoms with Crippen LogP contribution in [-0.4, -0.2) is 74.0 Å². The molecule has 0 saturated carbocycles. The molecule has 2 aliphatic heterocycles. The molecule has 0 atom stereocenters. The molecule has 0 radical (unpaired) electrons. The number of hydrogen-bond acceptors (Lipinski definition) is 7. The van der Waals surface area contributed by atoms with E-state index >= 15 is 0 Å². The van der Waals surface area contributed by atoms with Crippen molar-refractivity contribution in [3.63, 3.8) is 0 Å². The molecule has 11 heteroatoms. The number of thiazole rings is 1. The van der Waals surface area contributed by atoms with E-state index in [9.17, 15) is 17.6 Å². The second-order valence-electron chi connectivity index (χ2n) is 8.75. The molecule has 7 nitrogen and oxygen atoms in total. The molecule has 1 amide bonds. The zero-order valence-corrected chi connectivity index (χ0v) is 21.8. The van der Waals surface area contributed by atoms with Gasteiger partial charge in [0.1, 0.15) is 5.82 Å². The Labute approximate surface area is 213 Å². The van der Waals surface area contributed by atoms with Crippen molar-refractivity contribution in [3.8, 4) is 0 Å². The first-order valence-electron chi connectivity index (χ1n) is 11.6. The number of thioether (sulfide) groups is 1. The van der Waals surface area contributed by atoms with E-state index in [1.807, 2.05) is 4.90 Å². The quantitative estimate of drug-likeness (QED) is 0.462. The van der Waals surface area contributed by atoms with E-state index in [2.05, 4.69) is 29.4 Å². The number of aromatic nitrogens is 1. The highest BCUT2D eigenvalue weighted by Gasteiger charge is 2.35. The lowest BCUT2D eigenvalue weighted by Crippen LogP contribution is -2.52. The number of fused-ring (bicyclic) bond motifs is 1. The Morgan fingerprint density at radius 3 is 2.37 bits per heavy atom. The van der Waals surface area contributed by atoms with Crippen LogP contribution in [0.1, 0.15) is 12.8 Å². The Balaban J connectivity index is 1.17. The number of rotatable bonds is 5. The Morgan fingerprint density at radius 1 is 1.03 bits per heavy atom. The number of sulfonamides is 1. The van der Waals surface area contributed by atoms with Crippen molar-refractivity contribution in [2.24, 2.45) is 5.92 Å². The summed E-state index contributed by atoms with van der Waals surface area (Å²) in [4.78, 5) is 23.4. The average Bonchev–Trinajstić information content (AvgIpc) is 3.33. The van der Waals surface area contributed by atoms with Gasteiger partial charge < -0.3 is 9.80 Å². The third kappa shape index (κ3) is 4.91. The minimum Gasteiger partial charge on any atom is -0.345 e. The largest absolute Gasteiger partial charge is 0.345 e. The van der Waals surface area contributed by atoms with E-state index in [1.54, 1.807) is 23.1 Å². The van der Waals surface area contributed by atoms with Crippen LogP contribution >= 0.6 is 23.1 Å². The molecule has 2 aromatic carbocycles. The maximum atomic E-state index is 13.2. The predicted molar refractivity (Wildman–Crippen MR) is 138 cm³/mol. The number of amides is 1. The van der Waals surface area contributed by atoms with Gasteiger partial charge in [0, 0.05) is 50.1 Å². The molecule has 35 heavy (non-hydrogen) atoms. The molecule has 2 fully saturated rings. The second-order valence-corrected chi connectivity index (χ2v) is 12.5. The summed E-state index contributed by atoms with van der Waals surface area (Å²) in [5.41, 5.74) is 1.04. The third-order valence-electron chi connectivity index (χ3n) is 6.71. The third-order valence-corrected chi connectivity index (χ3v) is 10.5. The van der Waals surface area contributed by atoms with Crippen molar-refractivity contribution in [3.05, 3.63) is 48.3 Å². The van der Waals surface area contributed by atoms with Crippen molar-refractivity contribution >= 4 is 54.4 Å². The number of para-hydroxylation sites is 1. The normalized spacial score (nSPS) is 18.3. The Bertz CT molecular complexity index is 1310. The fourth-order valence-electron chi connectivity index (χ4n) is 4.69. The first-order chi connectivity index (χ1) is 16.9. The highest BCUT2D eigenvalue weighted by Crippen LogP contribution is 2.34. The number of piperidine rings is 1. The van der Waals surface area contributed by atoms with Gasteiger partial charge in [0.2, 0.25) is 15.9 Å². The zero-order chi connectivity index (χ0) is 24.6. The fraction of sp³-hybridized carbons (Fsp3) is 0.417. The molecule has 0 spiro atoms. The number of carbonyl (C=O) groups excluding carboxylic acids is 1. The van der Waals surface area contributed by atoms with Crippen molar-refractivity contribution in [2.75, 3.05) is 50.4 Å². The number of halogens is 1. The summed E-state index contributed by atoms with van der Waals surface area (Å²) in [7, 11) is -3.68. The maximum absolute atomic E-state index is 13.2. The first-order valence-corrected chi connectivity index (χ1v) is 15.1. The highest BCUT2D eigenvalue weighted by atomic mass is 32.2. The van der Waals surface area contributed by atoms with Gasteiger partial charge >= 0.3 is 0 Å². The second kappa shape index (κ2) is 10.0. The molecule has 0 N–H and O–H groups in total. The van der Waals surface area contributed by atoms with Crippen LogP contribution in [0.5, 0.6) is 0 Å². The summed E-state index contributed by atoms with van der Waals surface area (Å²) in [5, 5.41) is 0.993. The number of nitrogens with zero attached hydrogens (tertiary/aromatic N) is 4. The van der Waals surface area contributed by atoms with E-state index in [-0.39, 0.29) is 16.7 Å². The number of anilines is 1. The van der Waals surface area contributed by atoms with E-state index in [4.69, 9.17) is 4.98 Å². The van der Waals surface area contributed by atoms with Gasteiger partial charge in [0.15, 0.2) is 5.13 Å². The maximum Gasteiger partial charge on any atom is 0.243 e. The number of carbonyl (C=O) groups is 1. The summed E-state index contributed by atoms with van der Waals surface area (Å²) in [6, 6.07) is 11.1. The van der Waals surface area contributed by atoms with Crippen molar-refractivity contribution in [1.82, 2.24) is 14.2 Å². The molecule has 2 saturated heterocycles. The van der Waals surface area contributed by atoms with Crippen molar-refractivity contribution < 1.29 is 17.6 Å². The summed E-state index contributed by atoms with van der Waals surface area (Å²) in [6.07, 6.45) is 3.05. The lowest BCUT2D eigenvalue weighted by Gasteiger charge is -2.38. The van der Waals surface area contributed by atoms with Crippen LogP contribution in [0.2, 0.25) is 0 Å². The predicted octanol–water partition coefficient (Wildman–Crippen LogP) is 3.91. The molecular formula is C24H27FN4O3S3. The summed E-state index contributed by atoms with van der Waals surface area (Å²) in [6.45, 7) is 3.32. The minimum atomic E-state index is -3.68. The first kappa shape index (κ1) is 24.5. The molecular weight excluding hydrogens is 507 g/mol. The van der Waals surface area contributed by atoms with Gasteiger partial charge in [0.25, 0.3) is 0 Å². The molecule has 186 valence electrons. The van der Waals surface area contributed by atoms with Crippen molar-refractivity contribution in [1.29, 1.82) is 0 Å². The lowest BCUT2D eigenvalue weighted by atomic mass is 9.96. The van der Waals surface area contributed by atoms with Crippen LogP contribution in [0, 0.1) is 11.7 Å². The van der Waals surface area contributed by atoms with Crippen molar-refractivity contribution in [2.45, 2.75) is 22.6 Å². The summed E-state index contributed by atoms with van der Waals surface area (Å²) < 4.78 is 41.4. The topological polar surface area (TPSA) is 73.8 Å². The standard InChI is InChI=1S/C24H27FN4O3S3/c1-33-20-3-2-4-21-22(20)26-24(34-21)28-15-13-27(14-16-28)23(30)17-9-11-29(12-10-17)35(31,32)19-7-5-18(25)6-8-19/h2-8,17H,9-16H2,1H3. The van der Waals surface area contributed by atoms with Gasteiger partial charge in [-0.3, -0.25) is 4.79 Å². The van der Waals surface area contributed by atoms with Gasteiger partial charge in [-0.05, 0) is 55.5 Å². The molecule has 0 aliphatic carbocycles. The summed E-state index contributed by atoms with van der Waals surface area (Å²) in [5.74, 6) is -0.536. The van der Waals surface area contributed by atoms with Gasteiger partial charge in [0.05, 0.1) is 15.1 Å². The fourth-order valence-corrected chi connectivity index (χ4v) is 7.83. The molecule has 3 heterocycles. The van der Waals surface area contributed by atoms with E-state index < -0.39 is 15.8 Å². The number of hydrogen-bond donors (Lipinski definition) is 0. The molecule has 0 unspecified atom stereocenters. The van der Waals surface area contributed by atoms with E-state index in [0.29, 0.717) is 39.0 Å². The van der Waals surface area contributed by atoms with E-state index in [1.165, 1.54) is 26.0 Å². The highest BCUT2D eigenvalue weighted by molar-refractivity contribution is 7.98. The Hall–Kier alpha value is -2.21. The SMILES string of the molecule is CSc1cccc2sc(N3CCN(C(=O)C4CCN(S(=O)(=O)c5ccc(F)cc5)CC4)CC3)nc12. The van der Waals surface area contributed by atoms with Gasteiger partial charge in [-0.25, -0.2) is 17.8 Å². The number of benzene rings is 2. The van der Waals surface area contributed by atoms with Gasteiger partial charge in [-0.1, -0.05) is 17.4 Å². The molecule has 1 aromatic heterocycles.